The van der Waals surface area contributed by atoms with E-state index in [2.05, 4.69) is 30.0 Å². The van der Waals surface area contributed by atoms with Crippen LogP contribution in [0.5, 0.6) is 0 Å². The highest BCUT2D eigenvalue weighted by molar-refractivity contribution is 7.16. The number of rotatable bonds is 2. The topological polar surface area (TPSA) is 0 Å². The highest BCUT2D eigenvalue weighted by atomic mass is 31.0. The lowest BCUT2D eigenvalue weighted by atomic mass is 10.0. The first kappa shape index (κ1) is 7.43. The molecule has 0 heterocycles. The van der Waals surface area contributed by atoms with Gasteiger partial charge in [0.2, 0.25) is 0 Å². The second-order valence-corrected chi connectivity index (χ2v) is 2.93. The van der Waals surface area contributed by atoms with Gasteiger partial charge in [-0.05, 0) is 18.0 Å². The molecule has 0 radical (unpaired) electrons. The fourth-order valence-electron chi connectivity index (χ4n) is 0.272. The molecule has 0 saturated carbocycles. The maximum atomic E-state index is 2.76. The molecule has 2 unspecified atom stereocenters. The Labute approximate surface area is 48.9 Å². The minimum absolute atomic E-state index is 0.845. The van der Waals surface area contributed by atoms with E-state index in [0.29, 0.717) is 0 Å². The van der Waals surface area contributed by atoms with Crippen LogP contribution in [0.15, 0.2) is 0 Å². The standard InChI is InChI=1S/C6H15P/c1-5(2)6(3)4-7/h5-6H,4,7H2,1-3H3. The Balaban J connectivity index is 3.14. The highest BCUT2D eigenvalue weighted by Gasteiger charge is 2.01. The summed E-state index contributed by atoms with van der Waals surface area (Å²) in [6, 6.07) is 0. The summed E-state index contributed by atoms with van der Waals surface area (Å²) >= 11 is 0. The lowest BCUT2D eigenvalue weighted by Crippen LogP contribution is -2.03. The van der Waals surface area contributed by atoms with Crippen LogP contribution in [0.2, 0.25) is 0 Å². The molecule has 7 heavy (non-hydrogen) atoms. The zero-order valence-electron chi connectivity index (χ0n) is 5.44. The van der Waals surface area contributed by atoms with Gasteiger partial charge >= 0.3 is 0 Å². The summed E-state index contributed by atoms with van der Waals surface area (Å²) in [6.07, 6.45) is 1.23. The lowest BCUT2D eigenvalue weighted by Gasteiger charge is -2.10. The summed E-state index contributed by atoms with van der Waals surface area (Å²) in [7, 11) is 2.76. The fourth-order valence-corrected chi connectivity index (χ4v) is 0.816. The first-order chi connectivity index (χ1) is 3.18. The maximum absolute atomic E-state index is 2.76. The zero-order valence-corrected chi connectivity index (χ0v) is 6.59. The summed E-state index contributed by atoms with van der Waals surface area (Å²) in [5, 5.41) is 0. The number of hydrogen-bond donors (Lipinski definition) is 0. The van der Waals surface area contributed by atoms with Gasteiger partial charge in [0.05, 0.1) is 0 Å². The molecule has 0 aliphatic carbocycles. The van der Waals surface area contributed by atoms with E-state index in [1.807, 2.05) is 0 Å². The van der Waals surface area contributed by atoms with Crippen molar-refractivity contribution in [1.29, 1.82) is 0 Å². The van der Waals surface area contributed by atoms with Crippen LogP contribution < -0.4 is 0 Å². The summed E-state index contributed by atoms with van der Waals surface area (Å²) in [5.41, 5.74) is 0. The van der Waals surface area contributed by atoms with Crippen molar-refractivity contribution in [2.45, 2.75) is 20.8 Å². The maximum Gasteiger partial charge on any atom is -0.0353 e. The van der Waals surface area contributed by atoms with Crippen molar-refractivity contribution in [3.63, 3.8) is 0 Å². The molecule has 0 aliphatic rings. The molecule has 0 aromatic heterocycles. The molecule has 44 valence electrons. The molecule has 0 aliphatic heterocycles. The second kappa shape index (κ2) is 3.43. The van der Waals surface area contributed by atoms with Crippen LogP contribution in [0.4, 0.5) is 0 Å². The molecule has 0 amide bonds. The third kappa shape index (κ3) is 3.05. The van der Waals surface area contributed by atoms with Gasteiger partial charge < -0.3 is 0 Å². The molecule has 2 atom stereocenters. The average molecular weight is 118 g/mol. The first-order valence-corrected chi connectivity index (χ1v) is 3.70. The van der Waals surface area contributed by atoms with Gasteiger partial charge in [-0.2, -0.15) is 0 Å². The Morgan fingerprint density at radius 2 is 1.71 bits per heavy atom. The van der Waals surface area contributed by atoms with Crippen LogP contribution in [-0.2, 0) is 0 Å². The normalized spacial score (nSPS) is 15.0. The Bertz CT molecular complexity index is 41.4. The van der Waals surface area contributed by atoms with E-state index in [1.54, 1.807) is 0 Å². The van der Waals surface area contributed by atoms with Gasteiger partial charge in [0.25, 0.3) is 0 Å². The third-order valence-electron chi connectivity index (χ3n) is 1.51. The SMILES string of the molecule is CC(C)C(C)CP. The average Bonchev–Trinajstić information content (AvgIpc) is 1.65. The molecule has 0 saturated heterocycles. The van der Waals surface area contributed by atoms with E-state index in [9.17, 15) is 0 Å². The van der Waals surface area contributed by atoms with Crippen LogP contribution in [0.1, 0.15) is 20.8 Å². The molecule has 0 spiro atoms. The summed E-state index contributed by atoms with van der Waals surface area (Å²) in [6.45, 7) is 6.79. The van der Waals surface area contributed by atoms with E-state index in [-0.39, 0.29) is 0 Å². The monoisotopic (exact) mass is 118 g/mol. The lowest BCUT2D eigenvalue weighted by molar-refractivity contribution is 0.464. The van der Waals surface area contributed by atoms with Crippen LogP contribution >= 0.6 is 9.24 Å². The predicted octanol–water partition coefficient (Wildman–Crippen LogP) is 2.15. The molecular weight excluding hydrogens is 103 g/mol. The van der Waals surface area contributed by atoms with Gasteiger partial charge in [-0.3, -0.25) is 0 Å². The van der Waals surface area contributed by atoms with Gasteiger partial charge in [0, 0.05) is 0 Å². The molecule has 0 fully saturated rings. The predicted molar refractivity (Wildman–Crippen MR) is 38.6 cm³/mol. The minimum Gasteiger partial charge on any atom is -0.137 e. The molecule has 0 N–H and O–H groups in total. The molecule has 0 bridgehead atoms. The van der Waals surface area contributed by atoms with Crippen LogP contribution in [-0.4, -0.2) is 6.16 Å². The van der Waals surface area contributed by atoms with Crippen molar-refractivity contribution >= 4 is 9.24 Å². The van der Waals surface area contributed by atoms with Crippen molar-refractivity contribution in [3.05, 3.63) is 0 Å². The quantitative estimate of drug-likeness (QED) is 0.487. The smallest absolute Gasteiger partial charge is 0.0353 e. The van der Waals surface area contributed by atoms with E-state index >= 15 is 0 Å². The van der Waals surface area contributed by atoms with Gasteiger partial charge in [-0.15, -0.1) is 9.24 Å². The second-order valence-electron chi connectivity index (χ2n) is 2.46. The molecule has 0 aromatic rings. The third-order valence-corrected chi connectivity index (χ3v) is 2.25. The van der Waals surface area contributed by atoms with Crippen LogP contribution in [0.25, 0.3) is 0 Å². The largest absolute Gasteiger partial charge is 0.137 e. The van der Waals surface area contributed by atoms with Gasteiger partial charge in [-0.1, -0.05) is 20.8 Å². The van der Waals surface area contributed by atoms with Crippen molar-refractivity contribution in [1.82, 2.24) is 0 Å². The van der Waals surface area contributed by atoms with Crippen LogP contribution in [0, 0.1) is 11.8 Å². The van der Waals surface area contributed by atoms with E-state index < -0.39 is 0 Å². The van der Waals surface area contributed by atoms with Gasteiger partial charge in [-0.25, -0.2) is 0 Å². The van der Waals surface area contributed by atoms with Gasteiger partial charge in [0.15, 0.2) is 0 Å². The number of hydrogen-bond acceptors (Lipinski definition) is 0. The van der Waals surface area contributed by atoms with Crippen molar-refractivity contribution in [2.75, 3.05) is 6.16 Å². The molecule has 0 aromatic carbocycles. The molecular formula is C6H15P. The van der Waals surface area contributed by atoms with E-state index in [4.69, 9.17) is 0 Å². The van der Waals surface area contributed by atoms with Crippen molar-refractivity contribution < 1.29 is 0 Å². The minimum atomic E-state index is 0.845. The highest BCUT2D eigenvalue weighted by Crippen LogP contribution is 2.11. The zero-order chi connectivity index (χ0) is 5.86. The Hall–Kier alpha value is 0.430. The summed E-state index contributed by atoms with van der Waals surface area (Å²) in [5.74, 6) is 1.71. The van der Waals surface area contributed by atoms with Crippen molar-refractivity contribution in [2.24, 2.45) is 11.8 Å². The van der Waals surface area contributed by atoms with E-state index in [1.165, 1.54) is 6.16 Å². The Morgan fingerprint density at radius 3 is 1.71 bits per heavy atom. The van der Waals surface area contributed by atoms with Gasteiger partial charge in [0.1, 0.15) is 0 Å². The molecule has 1 heteroatoms. The van der Waals surface area contributed by atoms with E-state index in [0.717, 1.165) is 11.8 Å². The molecule has 0 nitrogen and oxygen atoms in total. The Kier molecular flexibility index (Phi) is 3.65. The fraction of sp³-hybridized carbons (Fsp3) is 1.00. The summed E-state index contributed by atoms with van der Waals surface area (Å²) in [4.78, 5) is 0. The van der Waals surface area contributed by atoms with Crippen molar-refractivity contribution in [3.8, 4) is 0 Å². The molecule has 0 rings (SSSR count). The first-order valence-electron chi connectivity index (χ1n) is 2.88. The van der Waals surface area contributed by atoms with Crippen LogP contribution in [0.3, 0.4) is 0 Å². The summed E-state index contributed by atoms with van der Waals surface area (Å²) < 4.78 is 0. The Morgan fingerprint density at radius 1 is 1.29 bits per heavy atom.